The zero-order valence-corrected chi connectivity index (χ0v) is 8.80. The SMILES string of the molecule is CC(O)c1cc2cc(Br)ccc2[nH]1. The number of fused-ring (bicyclic) bond motifs is 1. The summed E-state index contributed by atoms with van der Waals surface area (Å²) in [5.74, 6) is 0. The normalized spacial score (nSPS) is 13.5. The minimum atomic E-state index is -0.439. The molecule has 0 aliphatic carbocycles. The van der Waals surface area contributed by atoms with Gasteiger partial charge < -0.3 is 10.1 Å². The highest BCUT2D eigenvalue weighted by Gasteiger charge is 2.04. The number of hydrogen-bond acceptors (Lipinski definition) is 1. The maximum Gasteiger partial charge on any atom is 0.0910 e. The van der Waals surface area contributed by atoms with Crippen molar-refractivity contribution in [3.63, 3.8) is 0 Å². The van der Waals surface area contributed by atoms with Crippen molar-refractivity contribution in [3.8, 4) is 0 Å². The average Bonchev–Trinajstić information content (AvgIpc) is 2.46. The summed E-state index contributed by atoms with van der Waals surface area (Å²) in [4.78, 5) is 3.15. The number of aromatic amines is 1. The summed E-state index contributed by atoms with van der Waals surface area (Å²) in [6.07, 6.45) is -0.439. The highest BCUT2D eigenvalue weighted by molar-refractivity contribution is 9.10. The molecular weight excluding hydrogens is 230 g/mol. The fraction of sp³-hybridized carbons (Fsp3) is 0.200. The highest BCUT2D eigenvalue weighted by atomic mass is 79.9. The van der Waals surface area contributed by atoms with Crippen LogP contribution in [0.25, 0.3) is 10.9 Å². The highest BCUT2D eigenvalue weighted by Crippen LogP contribution is 2.22. The molecule has 3 heteroatoms. The number of nitrogens with one attached hydrogen (secondary N) is 1. The molecular formula is C10H10BrNO. The zero-order valence-electron chi connectivity index (χ0n) is 7.21. The molecule has 0 radical (unpaired) electrons. The molecule has 0 saturated carbocycles. The van der Waals surface area contributed by atoms with Crippen molar-refractivity contribution in [2.45, 2.75) is 13.0 Å². The fourth-order valence-electron chi connectivity index (χ4n) is 1.35. The van der Waals surface area contributed by atoms with Gasteiger partial charge in [0.25, 0.3) is 0 Å². The Morgan fingerprint density at radius 1 is 1.38 bits per heavy atom. The molecule has 68 valence electrons. The lowest BCUT2D eigenvalue weighted by atomic mass is 10.2. The van der Waals surface area contributed by atoms with E-state index >= 15 is 0 Å². The first-order valence-corrected chi connectivity index (χ1v) is 4.92. The Hall–Kier alpha value is -0.800. The van der Waals surface area contributed by atoms with E-state index in [1.54, 1.807) is 6.92 Å². The maximum atomic E-state index is 9.35. The Labute approximate surface area is 84.7 Å². The number of benzene rings is 1. The lowest BCUT2D eigenvalue weighted by molar-refractivity contribution is 0.195. The summed E-state index contributed by atoms with van der Waals surface area (Å²) in [7, 11) is 0. The topological polar surface area (TPSA) is 36.0 Å². The molecule has 0 fully saturated rings. The first-order chi connectivity index (χ1) is 6.16. The summed E-state index contributed by atoms with van der Waals surface area (Å²) in [5.41, 5.74) is 1.91. The van der Waals surface area contributed by atoms with Gasteiger partial charge in [0.2, 0.25) is 0 Å². The van der Waals surface area contributed by atoms with Crippen LogP contribution in [-0.2, 0) is 0 Å². The monoisotopic (exact) mass is 239 g/mol. The largest absolute Gasteiger partial charge is 0.387 e. The van der Waals surface area contributed by atoms with Crippen LogP contribution in [0.15, 0.2) is 28.7 Å². The van der Waals surface area contributed by atoms with E-state index in [1.807, 2.05) is 24.3 Å². The van der Waals surface area contributed by atoms with Crippen molar-refractivity contribution < 1.29 is 5.11 Å². The van der Waals surface area contributed by atoms with Crippen LogP contribution in [0.5, 0.6) is 0 Å². The molecule has 13 heavy (non-hydrogen) atoms. The lowest BCUT2D eigenvalue weighted by Crippen LogP contribution is -1.88. The van der Waals surface area contributed by atoms with E-state index in [2.05, 4.69) is 20.9 Å². The predicted octanol–water partition coefficient (Wildman–Crippen LogP) is 2.98. The van der Waals surface area contributed by atoms with Crippen LogP contribution in [0.3, 0.4) is 0 Å². The van der Waals surface area contributed by atoms with Crippen LogP contribution < -0.4 is 0 Å². The van der Waals surface area contributed by atoms with Gasteiger partial charge in [-0.1, -0.05) is 15.9 Å². The lowest BCUT2D eigenvalue weighted by Gasteiger charge is -1.97. The molecule has 1 aromatic carbocycles. The van der Waals surface area contributed by atoms with E-state index in [0.29, 0.717) is 0 Å². The molecule has 0 spiro atoms. The van der Waals surface area contributed by atoms with Gasteiger partial charge in [-0.15, -0.1) is 0 Å². The van der Waals surface area contributed by atoms with Gasteiger partial charge in [-0.3, -0.25) is 0 Å². The molecule has 1 unspecified atom stereocenters. The summed E-state index contributed by atoms with van der Waals surface area (Å²) in [6.45, 7) is 1.75. The molecule has 2 aromatic rings. The van der Waals surface area contributed by atoms with Gasteiger partial charge >= 0.3 is 0 Å². The molecule has 1 heterocycles. The van der Waals surface area contributed by atoms with Gasteiger partial charge in [-0.2, -0.15) is 0 Å². The van der Waals surface area contributed by atoms with Gasteiger partial charge in [0.15, 0.2) is 0 Å². The molecule has 0 bridgehead atoms. The van der Waals surface area contributed by atoms with E-state index in [0.717, 1.165) is 21.1 Å². The van der Waals surface area contributed by atoms with Crippen LogP contribution in [0.1, 0.15) is 18.7 Å². The molecule has 2 nitrogen and oxygen atoms in total. The predicted molar refractivity (Wildman–Crippen MR) is 56.6 cm³/mol. The fourth-order valence-corrected chi connectivity index (χ4v) is 1.73. The van der Waals surface area contributed by atoms with Gasteiger partial charge in [0.1, 0.15) is 0 Å². The van der Waals surface area contributed by atoms with Crippen LogP contribution in [0.2, 0.25) is 0 Å². The van der Waals surface area contributed by atoms with E-state index in [1.165, 1.54) is 0 Å². The minimum Gasteiger partial charge on any atom is -0.387 e. The molecule has 0 aliphatic heterocycles. The second kappa shape index (κ2) is 3.16. The third-order valence-electron chi connectivity index (χ3n) is 2.05. The standard InChI is InChI=1S/C10H10BrNO/c1-6(13)10-5-7-4-8(11)2-3-9(7)12-10/h2-6,12-13H,1H3. The van der Waals surface area contributed by atoms with Crippen LogP contribution in [-0.4, -0.2) is 10.1 Å². The van der Waals surface area contributed by atoms with E-state index in [-0.39, 0.29) is 0 Å². The summed E-state index contributed by atoms with van der Waals surface area (Å²) in [5, 5.41) is 10.5. The molecule has 0 aliphatic rings. The number of aromatic nitrogens is 1. The van der Waals surface area contributed by atoms with Crippen molar-refractivity contribution in [3.05, 3.63) is 34.4 Å². The molecule has 0 amide bonds. The Kier molecular flexibility index (Phi) is 2.14. The average molecular weight is 240 g/mol. The Balaban J connectivity index is 2.62. The molecule has 2 N–H and O–H groups in total. The minimum absolute atomic E-state index is 0.439. The zero-order chi connectivity index (χ0) is 9.42. The third-order valence-corrected chi connectivity index (χ3v) is 2.55. The van der Waals surface area contributed by atoms with Crippen LogP contribution in [0, 0.1) is 0 Å². The smallest absolute Gasteiger partial charge is 0.0910 e. The number of H-pyrrole nitrogens is 1. The first-order valence-electron chi connectivity index (χ1n) is 4.13. The number of aliphatic hydroxyl groups is 1. The van der Waals surface area contributed by atoms with Crippen molar-refractivity contribution in [1.82, 2.24) is 4.98 Å². The first kappa shape index (κ1) is 8.78. The number of rotatable bonds is 1. The Morgan fingerprint density at radius 2 is 2.15 bits per heavy atom. The van der Waals surface area contributed by atoms with E-state index in [4.69, 9.17) is 0 Å². The number of hydrogen-bond donors (Lipinski definition) is 2. The van der Waals surface area contributed by atoms with Crippen molar-refractivity contribution in [1.29, 1.82) is 0 Å². The number of halogens is 1. The number of aliphatic hydroxyl groups excluding tert-OH is 1. The summed E-state index contributed by atoms with van der Waals surface area (Å²) >= 11 is 3.40. The second-order valence-corrected chi connectivity index (χ2v) is 4.05. The van der Waals surface area contributed by atoms with Gasteiger partial charge in [-0.05, 0) is 31.2 Å². The van der Waals surface area contributed by atoms with Crippen molar-refractivity contribution in [2.24, 2.45) is 0 Å². The van der Waals surface area contributed by atoms with Gasteiger partial charge in [0.05, 0.1) is 6.10 Å². The molecule has 1 aromatic heterocycles. The summed E-state index contributed by atoms with van der Waals surface area (Å²) < 4.78 is 1.05. The van der Waals surface area contributed by atoms with E-state index < -0.39 is 6.10 Å². The van der Waals surface area contributed by atoms with Gasteiger partial charge in [-0.25, -0.2) is 0 Å². The second-order valence-electron chi connectivity index (χ2n) is 3.13. The van der Waals surface area contributed by atoms with Crippen LogP contribution >= 0.6 is 15.9 Å². The third kappa shape index (κ3) is 1.62. The quantitative estimate of drug-likeness (QED) is 0.789. The Morgan fingerprint density at radius 3 is 2.85 bits per heavy atom. The molecule has 2 rings (SSSR count). The Bertz CT molecular complexity index is 433. The van der Waals surface area contributed by atoms with Crippen molar-refractivity contribution in [2.75, 3.05) is 0 Å². The van der Waals surface area contributed by atoms with Gasteiger partial charge in [0, 0.05) is 21.1 Å². The van der Waals surface area contributed by atoms with E-state index in [9.17, 15) is 5.11 Å². The van der Waals surface area contributed by atoms with Crippen molar-refractivity contribution >= 4 is 26.8 Å². The molecule has 1 atom stereocenters. The molecule has 0 saturated heterocycles. The van der Waals surface area contributed by atoms with Crippen LogP contribution in [0.4, 0.5) is 0 Å². The summed E-state index contributed by atoms with van der Waals surface area (Å²) in [6, 6.07) is 7.96. The maximum absolute atomic E-state index is 9.35.